The van der Waals surface area contributed by atoms with Crippen LogP contribution in [0.1, 0.15) is 51.4 Å². The van der Waals surface area contributed by atoms with Crippen LogP contribution in [0.4, 0.5) is 0 Å². The first-order valence-electron chi connectivity index (χ1n) is 7.71. The predicted octanol–water partition coefficient (Wildman–Crippen LogP) is 1.83. The largest absolute Gasteiger partial charge is 0.378 e. The van der Waals surface area contributed by atoms with E-state index in [0.717, 1.165) is 25.9 Å². The fourth-order valence-corrected chi connectivity index (χ4v) is 3.49. The summed E-state index contributed by atoms with van der Waals surface area (Å²) in [6.07, 6.45) is 8.73. The van der Waals surface area contributed by atoms with E-state index in [1.54, 1.807) is 7.11 Å². The van der Waals surface area contributed by atoms with E-state index in [0.29, 0.717) is 18.3 Å². The number of carbonyl (C=O) groups excluding carboxylic acids is 1. The summed E-state index contributed by atoms with van der Waals surface area (Å²) in [6.45, 7) is 1.54. The Hall–Kier alpha value is -0.610. The van der Waals surface area contributed by atoms with Crippen LogP contribution >= 0.6 is 0 Å². The summed E-state index contributed by atoms with van der Waals surface area (Å²) in [7, 11) is 1.72. The molecule has 2 unspecified atom stereocenters. The van der Waals surface area contributed by atoms with E-state index < -0.39 is 0 Å². The molecule has 2 fully saturated rings. The van der Waals surface area contributed by atoms with Gasteiger partial charge in [0.15, 0.2) is 0 Å². The monoisotopic (exact) mass is 268 g/mol. The summed E-state index contributed by atoms with van der Waals surface area (Å²) in [5.74, 6) is 1.31. The molecule has 2 atom stereocenters. The minimum Gasteiger partial charge on any atom is -0.378 e. The summed E-state index contributed by atoms with van der Waals surface area (Å²) in [5.41, 5.74) is 5.66. The Balaban J connectivity index is 1.73. The summed E-state index contributed by atoms with van der Waals surface area (Å²) in [4.78, 5) is 12.0. The van der Waals surface area contributed by atoms with E-state index in [1.165, 1.54) is 32.1 Å². The summed E-state index contributed by atoms with van der Waals surface area (Å²) in [5, 5.41) is 3.10. The first-order valence-corrected chi connectivity index (χ1v) is 7.71. The number of ether oxygens (including phenoxy) is 1. The third-order valence-electron chi connectivity index (χ3n) is 5.11. The van der Waals surface area contributed by atoms with Crippen molar-refractivity contribution in [1.29, 1.82) is 0 Å². The number of carbonyl (C=O) groups is 1. The van der Waals surface area contributed by atoms with Gasteiger partial charge >= 0.3 is 0 Å². The van der Waals surface area contributed by atoms with Crippen molar-refractivity contribution in [2.24, 2.45) is 17.6 Å². The van der Waals surface area contributed by atoms with E-state index >= 15 is 0 Å². The van der Waals surface area contributed by atoms with Gasteiger partial charge in [0.1, 0.15) is 0 Å². The molecule has 0 aromatic carbocycles. The van der Waals surface area contributed by atoms with Crippen LogP contribution in [0.15, 0.2) is 0 Å². The Morgan fingerprint density at radius 3 is 2.47 bits per heavy atom. The second kappa shape index (κ2) is 6.71. The zero-order chi connectivity index (χ0) is 13.7. The van der Waals surface area contributed by atoms with E-state index in [9.17, 15) is 4.79 Å². The number of methoxy groups -OCH3 is 1. The molecule has 4 heteroatoms. The maximum absolute atomic E-state index is 12.0. The molecule has 1 amide bonds. The van der Waals surface area contributed by atoms with Gasteiger partial charge in [-0.3, -0.25) is 4.79 Å². The molecule has 19 heavy (non-hydrogen) atoms. The fourth-order valence-electron chi connectivity index (χ4n) is 3.49. The molecule has 0 spiro atoms. The highest BCUT2D eigenvalue weighted by atomic mass is 16.5. The Morgan fingerprint density at radius 1 is 1.26 bits per heavy atom. The second-order valence-electron chi connectivity index (χ2n) is 6.26. The maximum Gasteiger partial charge on any atom is 0.222 e. The molecule has 0 aliphatic heterocycles. The molecule has 2 aliphatic carbocycles. The van der Waals surface area contributed by atoms with E-state index in [-0.39, 0.29) is 11.5 Å². The van der Waals surface area contributed by atoms with Crippen LogP contribution in [-0.4, -0.2) is 31.7 Å². The average Bonchev–Trinajstić information content (AvgIpc) is 2.41. The highest BCUT2D eigenvalue weighted by Crippen LogP contribution is 2.38. The molecule has 2 rings (SSSR count). The van der Waals surface area contributed by atoms with Gasteiger partial charge in [0.2, 0.25) is 5.91 Å². The minimum atomic E-state index is -0.163. The van der Waals surface area contributed by atoms with Crippen molar-refractivity contribution < 1.29 is 9.53 Å². The summed E-state index contributed by atoms with van der Waals surface area (Å²) in [6, 6.07) is 0. The van der Waals surface area contributed by atoms with Crippen molar-refractivity contribution in [1.82, 2.24) is 5.32 Å². The molecule has 0 heterocycles. The van der Waals surface area contributed by atoms with Crippen molar-refractivity contribution in [2.45, 2.75) is 57.0 Å². The number of amides is 1. The van der Waals surface area contributed by atoms with Crippen molar-refractivity contribution in [2.75, 3.05) is 20.2 Å². The number of hydrogen-bond donors (Lipinski definition) is 2. The van der Waals surface area contributed by atoms with Gasteiger partial charge < -0.3 is 15.8 Å². The van der Waals surface area contributed by atoms with Crippen LogP contribution in [0, 0.1) is 11.8 Å². The van der Waals surface area contributed by atoms with Crippen molar-refractivity contribution in [3.05, 3.63) is 0 Å². The Labute approximate surface area is 116 Å². The highest BCUT2D eigenvalue weighted by Gasteiger charge is 2.39. The molecule has 0 saturated heterocycles. The third kappa shape index (κ3) is 3.69. The maximum atomic E-state index is 12.0. The van der Waals surface area contributed by atoms with Crippen LogP contribution in [-0.2, 0) is 9.53 Å². The van der Waals surface area contributed by atoms with Gasteiger partial charge in [-0.2, -0.15) is 0 Å². The lowest BCUT2D eigenvalue weighted by atomic mass is 9.77. The van der Waals surface area contributed by atoms with Gasteiger partial charge in [0.05, 0.1) is 12.0 Å². The lowest BCUT2D eigenvalue weighted by molar-refractivity contribution is -0.134. The van der Waals surface area contributed by atoms with Crippen LogP contribution in [0.5, 0.6) is 0 Å². The Kier molecular flexibility index (Phi) is 5.22. The van der Waals surface area contributed by atoms with Gasteiger partial charge in [0, 0.05) is 13.7 Å². The summed E-state index contributed by atoms with van der Waals surface area (Å²) >= 11 is 0. The number of rotatable bonds is 6. The Bertz CT molecular complexity index is 297. The highest BCUT2D eigenvalue weighted by molar-refractivity contribution is 5.77. The molecule has 110 valence electrons. The number of hydrogen-bond acceptors (Lipinski definition) is 3. The smallest absolute Gasteiger partial charge is 0.222 e. The van der Waals surface area contributed by atoms with E-state index in [4.69, 9.17) is 10.5 Å². The first kappa shape index (κ1) is 14.8. The minimum absolute atomic E-state index is 0.142. The average molecular weight is 268 g/mol. The van der Waals surface area contributed by atoms with Gasteiger partial charge in [0.25, 0.3) is 0 Å². The van der Waals surface area contributed by atoms with Crippen molar-refractivity contribution in [3.63, 3.8) is 0 Å². The van der Waals surface area contributed by atoms with Gasteiger partial charge in [-0.05, 0) is 50.5 Å². The first-order chi connectivity index (χ1) is 9.19. The summed E-state index contributed by atoms with van der Waals surface area (Å²) < 4.78 is 5.50. The van der Waals surface area contributed by atoms with Crippen LogP contribution < -0.4 is 11.1 Å². The molecule has 2 aliphatic rings. The lowest BCUT2D eigenvalue weighted by Crippen LogP contribution is -2.45. The number of nitrogens with two attached hydrogens (primary N) is 1. The lowest BCUT2D eigenvalue weighted by Gasteiger charge is -2.40. The fraction of sp³-hybridized carbons (Fsp3) is 0.933. The quantitative estimate of drug-likeness (QED) is 0.772. The van der Waals surface area contributed by atoms with Crippen LogP contribution in [0.2, 0.25) is 0 Å². The van der Waals surface area contributed by atoms with Gasteiger partial charge in [-0.25, -0.2) is 0 Å². The standard InChI is InChI=1S/C15H28N2O2/c1-19-15(7-4-8-15)9-14(18)17-11-13-6-3-2-5-12(13)10-16/h12-13H,2-11,16H2,1H3,(H,17,18). The third-order valence-corrected chi connectivity index (χ3v) is 5.11. The SMILES string of the molecule is COC1(CC(=O)NCC2CCCCC2CN)CCC1. The Morgan fingerprint density at radius 2 is 1.95 bits per heavy atom. The second-order valence-corrected chi connectivity index (χ2v) is 6.26. The topological polar surface area (TPSA) is 64.3 Å². The molecule has 4 nitrogen and oxygen atoms in total. The van der Waals surface area contributed by atoms with Gasteiger partial charge in [-0.1, -0.05) is 12.8 Å². The van der Waals surface area contributed by atoms with Crippen molar-refractivity contribution >= 4 is 5.91 Å². The molecule has 0 radical (unpaired) electrons. The molecular weight excluding hydrogens is 240 g/mol. The van der Waals surface area contributed by atoms with Crippen LogP contribution in [0.3, 0.4) is 0 Å². The van der Waals surface area contributed by atoms with E-state index in [1.807, 2.05) is 0 Å². The number of nitrogens with one attached hydrogen (secondary N) is 1. The normalized spacial score (nSPS) is 29.6. The van der Waals surface area contributed by atoms with E-state index in [2.05, 4.69) is 5.32 Å². The zero-order valence-electron chi connectivity index (χ0n) is 12.1. The van der Waals surface area contributed by atoms with Crippen LogP contribution in [0.25, 0.3) is 0 Å². The molecule has 0 aromatic rings. The molecule has 0 bridgehead atoms. The molecule has 2 saturated carbocycles. The van der Waals surface area contributed by atoms with Crippen molar-refractivity contribution in [3.8, 4) is 0 Å². The van der Waals surface area contributed by atoms with Gasteiger partial charge in [-0.15, -0.1) is 0 Å². The predicted molar refractivity (Wildman–Crippen MR) is 75.7 cm³/mol. The zero-order valence-corrected chi connectivity index (χ0v) is 12.1. The molecular formula is C15H28N2O2. The molecule has 3 N–H and O–H groups in total. The molecule has 0 aromatic heterocycles.